The summed E-state index contributed by atoms with van der Waals surface area (Å²) in [7, 11) is 0. The lowest BCUT2D eigenvalue weighted by Gasteiger charge is -2.41. The average molecular weight is 413 g/mol. The lowest BCUT2D eigenvalue weighted by molar-refractivity contribution is -0.205. The molecule has 0 radical (unpaired) electrons. The number of hydrogen-bond donors (Lipinski definition) is 6. The summed E-state index contributed by atoms with van der Waals surface area (Å²) in [4.78, 5) is 11.4. The van der Waals surface area contributed by atoms with Gasteiger partial charge in [-0.3, -0.25) is 0 Å². The van der Waals surface area contributed by atoms with E-state index in [-0.39, 0.29) is 16.9 Å². The van der Waals surface area contributed by atoms with Gasteiger partial charge in [0.05, 0.1) is 12.2 Å². The molecule has 0 aromatic heterocycles. The van der Waals surface area contributed by atoms with Crippen LogP contribution in [0.3, 0.4) is 0 Å². The van der Waals surface area contributed by atoms with Crippen molar-refractivity contribution in [3.63, 3.8) is 0 Å². The summed E-state index contributed by atoms with van der Waals surface area (Å²) in [5, 5.41) is 52.2. The second kappa shape index (κ2) is 9.43. The third kappa shape index (κ3) is 4.79. The third-order valence-electron chi connectivity index (χ3n) is 5.32. The molecular weight excluding hydrogens is 386 g/mol. The number of anilines is 1. The van der Waals surface area contributed by atoms with Crippen molar-refractivity contribution < 1.29 is 35.1 Å². The second-order valence-electron chi connectivity index (χ2n) is 7.31. The zero-order valence-electron chi connectivity index (χ0n) is 15.3. The molecule has 3 rings (SSSR count). The molecule has 2 aliphatic rings. The first kappa shape index (κ1) is 21.4. The second-order valence-corrected chi connectivity index (χ2v) is 8.72. The molecule has 7 atom stereocenters. The largest absolute Gasteiger partial charge is 0.478 e. The van der Waals surface area contributed by atoms with Crippen LogP contribution in [0.5, 0.6) is 0 Å². The summed E-state index contributed by atoms with van der Waals surface area (Å²) in [6, 6.07) is 6.87. The number of aliphatic hydroxyl groups is 4. The molecule has 1 aliphatic heterocycles. The first-order valence-corrected chi connectivity index (χ1v) is 10.4. The minimum atomic E-state index is -1.37. The molecule has 1 heterocycles. The van der Waals surface area contributed by atoms with E-state index in [2.05, 4.69) is 5.32 Å². The molecule has 8 nitrogen and oxygen atoms in total. The number of aromatic carboxylic acids is 1. The van der Waals surface area contributed by atoms with Crippen LogP contribution in [0.15, 0.2) is 24.3 Å². The maximum Gasteiger partial charge on any atom is 0.337 e. The van der Waals surface area contributed by atoms with Crippen LogP contribution in [0.2, 0.25) is 0 Å². The highest BCUT2D eigenvalue weighted by Gasteiger charge is 2.44. The minimum Gasteiger partial charge on any atom is -0.478 e. The Morgan fingerprint density at radius 1 is 1.14 bits per heavy atom. The van der Waals surface area contributed by atoms with Crippen molar-refractivity contribution in [2.24, 2.45) is 0 Å². The van der Waals surface area contributed by atoms with E-state index in [1.807, 2.05) is 0 Å². The van der Waals surface area contributed by atoms with Gasteiger partial charge in [-0.2, -0.15) is 0 Å². The molecule has 0 amide bonds. The summed E-state index contributed by atoms with van der Waals surface area (Å²) in [6.45, 7) is -0.442. The average Bonchev–Trinajstić information content (AvgIpc) is 2.69. The van der Waals surface area contributed by atoms with Crippen molar-refractivity contribution >= 4 is 23.4 Å². The highest BCUT2D eigenvalue weighted by Crippen LogP contribution is 2.37. The van der Waals surface area contributed by atoms with Gasteiger partial charge in [0.2, 0.25) is 0 Å². The number of carbonyl (C=O) groups is 1. The number of rotatable bonds is 6. The van der Waals surface area contributed by atoms with Crippen LogP contribution < -0.4 is 5.32 Å². The minimum absolute atomic E-state index is 0.0802. The van der Waals surface area contributed by atoms with E-state index in [1.54, 1.807) is 24.3 Å². The third-order valence-corrected chi connectivity index (χ3v) is 6.79. The maximum atomic E-state index is 11.4. The Morgan fingerprint density at radius 3 is 2.61 bits per heavy atom. The lowest BCUT2D eigenvalue weighted by atomic mass is 9.94. The van der Waals surface area contributed by atoms with Gasteiger partial charge >= 0.3 is 5.97 Å². The van der Waals surface area contributed by atoms with Crippen molar-refractivity contribution in [2.75, 3.05) is 11.9 Å². The molecule has 156 valence electrons. The van der Waals surface area contributed by atoms with Crippen LogP contribution in [0.4, 0.5) is 5.69 Å². The van der Waals surface area contributed by atoms with E-state index in [0.717, 1.165) is 25.7 Å². The predicted molar refractivity (Wildman–Crippen MR) is 104 cm³/mol. The standard InChI is InChI=1S/C19H27NO7S/c21-9-14-15(22)16(23)17(24)19(27-14)28-11-5-3-4-10(8-11)20-13-7-2-1-6-12(13)18(25)26/h1-2,6-7,10-11,14-17,19-24H,3-5,8-9H2,(H,25,26)/t10?,11?,14-,15+,16+,17-,19+/m1/s1. The van der Waals surface area contributed by atoms with Crippen LogP contribution in [-0.2, 0) is 4.74 Å². The van der Waals surface area contributed by atoms with E-state index in [1.165, 1.54) is 11.8 Å². The van der Waals surface area contributed by atoms with E-state index < -0.39 is 42.4 Å². The number of para-hydroxylation sites is 1. The van der Waals surface area contributed by atoms with Crippen molar-refractivity contribution in [3.8, 4) is 0 Å². The SMILES string of the molecule is O=C(O)c1ccccc1NC1CCCC(S[C@@H]2O[C@H](CO)[C@H](O)[C@H](O)[C@H]2O)C1. The first-order valence-electron chi connectivity index (χ1n) is 9.45. The molecule has 1 aliphatic carbocycles. The fourth-order valence-corrected chi connectivity index (χ4v) is 5.34. The number of hydrogen-bond acceptors (Lipinski definition) is 8. The summed E-state index contributed by atoms with van der Waals surface area (Å²) in [5.41, 5.74) is 0.0651. The Balaban J connectivity index is 1.62. The zero-order valence-corrected chi connectivity index (χ0v) is 16.2. The normalized spacial score (nSPS) is 36.1. The molecule has 0 spiro atoms. The van der Waals surface area contributed by atoms with Gasteiger partial charge in [0.1, 0.15) is 29.9 Å². The van der Waals surface area contributed by atoms with Crippen LogP contribution >= 0.6 is 11.8 Å². The van der Waals surface area contributed by atoms with Gasteiger partial charge in [-0.1, -0.05) is 18.6 Å². The van der Waals surface area contributed by atoms with Crippen molar-refractivity contribution in [1.82, 2.24) is 0 Å². The number of aliphatic hydroxyl groups excluding tert-OH is 4. The van der Waals surface area contributed by atoms with Crippen LogP contribution in [-0.4, -0.2) is 79.3 Å². The molecule has 1 saturated carbocycles. The van der Waals surface area contributed by atoms with Crippen molar-refractivity contribution in [1.29, 1.82) is 0 Å². The summed E-state index contributed by atoms with van der Waals surface area (Å²) < 4.78 is 5.59. The zero-order chi connectivity index (χ0) is 20.3. The summed E-state index contributed by atoms with van der Waals surface area (Å²) in [6.07, 6.45) is -1.40. The highest BCUT2D eigenvalue weighted by molar-refractivity contribution is 8.00. The van der Waals surface area contributed by atoms with E-state index in [0.29, 0.717) is 5.69 Å². The Bertz CT molecular complexity index is 673. The molecule has 1 saturated heterocycles. The molecule has 0 bridgehead atoms. The number of ether oxygens (including phenoxy) is 1. The van der Waals surface area contributed by atoms with Gasteiger partial charge in [0.25, 0.3) is 0 Å². The van der Waals surface area contributed by atoms with Crippen molar-refractivity contribution in [3.05, 3.63) is 29.8 Å². The molecule has 9 heteroatoms. The number of benzene rings is 1. The van der Waals surface area contributed by atoms with E-state index >= 15 is 0 Å². The molecule has 1 aromatic rings. The molecule has 1 aromatic carbocycles. The Hall–Kier alpha value is -1.36. The van der Waals surface area contributed by atoms with E-state index in [4.69, 9.17) is 4.74 Å². The molecule has 2 fully saturated rings. The first-order chi connectivity index (χ1) is 13.4. The van der Waals surface area contributed by atoms with Gasteiger partial charge in [-0.05, 0) is 31.4 Å². The fourth-order valence-electron chi connectivity index (χ4n) is 3.78. The topological polar surface area (TPSA) is 139 Å². The Kier molecular flexibility index (Phi) is 7.19. The molecular formula is C19H27NO7S. The van der Waals surface area contributed by atoms with Crippen LogP contribution in [0.25, 0.3) is 0 Å². The fraction of sp³-hybridized carbons (Fsp3) is 0.632. The van der Waals surface area contributed by atoms with Gasteiger partial charge in [0, 0.05) is 17.0 Å². The summed E-state index contributed by atoms with van der Waals surface area (Å²) in [5.74, 6) is -0.980. The van der Waals surface area contributed by atoms with E-state index in [9.17, 15) is 30.3 Å². The monoisotopic (exact) mass is 413 g/mol. The number of carboxylic acids is 1. The van der Waals surface area contributed by atoms with Crippen LogP contribution in [0, 0.1) is 0 Å². The van der Waals surface area contributed by atoms with Crippen molar-refractivity contribution in [2.45, 2.75) is 66.8 Å². The molecule has 28 heavy (non-hydrogen) atoms. The maximum absolute atomic E-state index is 11.4. The lowest BCUT2D eigenvalue weighted by Crippen LogP contribution is -2.57. The number of thioether (sulfide) groups is 1. The molecule has 2 unspecified atom stereocenters. The van der Waals surface area contributed by atoms with Gasteiger partial charge in [0.15, 0.2) is 0 Å². The summed E-state index contributed by atoms with van der Waals surface area (Å²) >= 11 is 1.39. The Labute approximate surface area is 167 Å². The smallest absolute Gasteiger partial charge is 0.337 e. The number of carboxylic acid groups (broad SMARTS) is 1. The van der Waals surface area contributed by atoms with Gasteiger partial charge in [-0.25, -0.2) is 4.79 Å². The quantitative estimate of drug-likeness (QED) is 0.396. The highest BCUT2D eigenvalue weighted by atomic mass is 32.2. The Morgan fingerprint density at radius 2 is 1.89 bits per heavy atom. The van der Waals surface area contributed by atoms with Gasteiger partial charge in [-0.15, -0.1) is 11.8 Å². The predicted octanol–water partition coefficient (Wildman–Crippen LogP) is 0.641. The number of nitrogens with one attached hydrogen (secondary N) is 1. The van der Waals surface area contributed by atoms with Crippen LogP contribution in [0.1, 0.15) is 36.0 Å². The van der Waals surface area contributed by atoms with Gasteiger partial charge < -0.3 is 35.6 Å². The molecule has 6 N–H and O–H groups in total.